The van der Waals surface area contributed by atoms with Crippen molar-refractivity contribution in [3.05, 3.63) is 30.4 Å². The zero-order chi connectivity index (χ0) is 14.7. The van der Waals surface area contributed by atoms with E-state index < -0.39 is 0 Å². The average Bonchev–Trinajstić information content (AvgIpc) is 3.05. The number of rotatable bonds is 3. The first-order valence-corrected chi connectivity index (χ1v) is 7.09. The summed E-state index contributed by atoms with van der Waals surface area (Å²) in [5, 5.41) is 8.23. The third-order valence-electron chi connectivity index (χ3n) is 3.96. The van der Waals surface area contributed by atoms with E-state index >= 15 is 0 Å². The zero-order valence-corrected chi connectivity index (χ0v) is 11.9. The van der Waals surface area contributed by atoms with Crippen LogP contribution in [-0.2, 0) is 9.53 Å². The minimum absolute atomic E-state index is 0.00645. The standard InChI is InChI=1S/C15H17N3O3/c1-20-15(19)11-6-4-10(5-7-11)13-17-18-14(21-13)12-3-2-8-16-9-12/h2-3,8-11H,4-7H2,1H3/t10-,11-. The summed E-state index contributed by atoms with van der Waals surface area (Å²) >= 11 is 0. The van der Waals surface area contributed by atoms with Crippen molar-refractivity contribution in [3.8, 4) is 11.5 Å². The van der Waals surface area contributed by atoms with Crippen LogP contribution in [-0.4, -0.2) is 28.3 Å². The van der Waals surface area contributed by atoms with E-state index in [0.717, 1.165) is 31.2 Å². The lowest BCUT2D eigenvalue weighted by molar-refractivity contribution is -0.146. The highest BCUT2D eigenvalue weighted by molar-refractivity contribution is 5.72. The molecule has 0 saturated heterocycles. The van der Waals surface area contributed by atoms with Gasteiger partial charge in [-0.1, -0.05) is 0 Å². The number of esters is 1. The van der Waals surface area contributed by atoms with Gasteiger partial charge >= 0.3 is 5.97 Å². The average molecular weight is 287 g/mol. The fourth-order valence-corrected chi connectivity index (χ4v) is 2.75. The van der Waals surface area contributed by atoms with Gasteiger partial charge in [-0.05, 0) is 37.8 Å². The third-order valence-corrected chi connectivity index (χ3v) is 3.96. The Morgan fingerprint density at radius 2 is 2.10 bits per heavy atom. The van der Waals surface area contributed by atoms with Crippen LogP contribution in [0.3, 0.4) is 0 Å². The molecule has 2 heterocycles. The second-order valence-corrected chi connectivity index (χ2v) is 5.26. The van der Waals surface area contributed by atoms with Crippen LogP contribution in [0.1, 0.15) is 37.5 Å². The largest absolute Gasteiger partial charge is 0.469 e. The molecule has 0 aromatic carbocycles. The fraction of sp³-hybridized carbons (Fsp3) is 0.467. The molecule has 0 N–H and O–H groups in total. The summed E-state index contributed by atoms with van der Waals surface area (Å²) in [6, 6.07) is 3.72. The fourth-order valence-electron chi connectivity index (χ4n) is 2.75. The predicted octanol–water partition coefficient (Wildman–Crippen LogP) is 2.58. The first-order valence-electron chi connectivity index (χ1n) is 7.09. The molecule has 1 aliphatic rings. The van der Waals surface area contributed by atoms with E-state index in [1.807, 2.05) is 12.1 Å². The van der Waals surface area contributed by atoms with Crippen molar-refractivity contribution < 1.29 is 13.9 Å². The van der Waals surface area contributed by atoms with Gasteiger partial charge in [0.25, 0.3) is 0 Å². The molecule has 3 rings (SSSR count). The predicted molar refractivity (Wildman–Crippen MR) is 74.2 cm³/mol. The highest BCUT2D eigenvalue weighted by Gasteiger charge is 2.30. The molecule has 2 aromatic heterocycles. The molecule has 0 radical (unpaired) electrons. The molecule has 0 aliphatic heterocycles. The van der Waals surface area contributed by atoms with Gasteiger partial charge in [-0.15, -0.1) is 10.2 Å². The minimum Gasteiger partial charge on any atom is -0.469 e. The van der Waals surface area contributed by atoms with Gasteiger partial charge in [0.1, 0.15) is 0 Å². The van der Waals surface area contributed by atoms with Gasteiger partial charge in [0.15, 0.2) is 0 Å². The Hall–Kier alpha value is -2.24. The Morgan fingerprint density at radius 1 is 1.29 bits per heavy atom. The van der Waals surface area contributed by atoms with Gasteiger partial charge in [0.2, 0.25) is 11.8 Å². The maximum absolute atomic E-state index is 11.5. The smallest absolute Gasteiger partial charge is 0.308 e. The van der Waals surface area contributed by atoms with E-state index in [1.54, 1.807) is 12.4 Å². The van der Waals surface area contributed by atoms with Crippen molar-refractivity contribution in [2.24, 2.45) is 5.92 Å². The van der Waals surface area contributed by atoms with Crippen LogP contribution in [0.2, 0.25) is 0 Å². The van der Waals surface area contributed by atoms with Crippen LogP contribution in [0.15, 0.2) is 28.9 Å². The van der Waals surface area contributed by atoms with E-state index in [-0.39, 0.29) is 17.8 Å². The van der Waals surface area contributed by atoms with E-state index in [2.05, 4.69) is 15.2 Å². The normalized spacial score (nSPS) is 22.0. The summed E-state index contributed by atoms with van der Waals surface area (Å²) in [4.78, 5) is 15.6. The summed E-state index contributed by atoms with van der Waals surface area (Å²) in [6.07, 6.45) is 6.76. The molecule has 1 aliphatic carbocycles. The van der Waals surface area contributed by atoms with Crippen molar-refractivity contribution in [3.63, 3.8) is 0 Å². The first-order chi connectivity index (χ1) is 10.3. The Kier molecular flexibility index (Phi) is 3.94. The molecule has 0 amide bonds. The van der Waals surface area contributed by atoms with Crippen molar-refractivity contribution in [1.82, 2.24) is 15.2 Å². The van der Waals surface area contributed by atoms with Crippen LogP contribution in [0.4, 0.5) is 0 Å². The lowest BCUT2D eigenvalue weighted by atomic mass is 9.82. The van der Waals surface area contributed by atoms with E-state index in [4.69, 9.17) is 9.15 Å². The Morgan fingerprint density at radius 3 is 2.76 bits per heavy atom. The van der Waals surface area contributed by atoms with Crippen LogP contribution in [0.5, 0.6) is 0 Å². The number of hydrogen-bond donors (Lipinski definition) is 0. The molecule has 2 aromatic rings. The second kappa shape index (κ2) is 6.03. The van der Waals surface area contributed by atoms with Crippen molar-refractivity contribution >= 4 is 5.97 Å². The zero-order valence-electron chi connectivity index (χ0n) is 11.9. The SMILES string of the molecule is COC(=O)[C@H]1CC[C@H](c2nnc(-c3cccnc3)o2)CC1. The number of hydrogen-bond acceptors (Lipinski definition) is 6. The number of aromatic nitrogens is 3. The van der Waals surface area contributed by atoms with Gasteiger partial charge in [0.05, 0.1) is 18.6 Å². The Bertz CT molecular complexity index is 604. The van der Waals surface area contributed by atoms with Crippen molar-refractivity contribution in [1.29, 1.82) is 0 Å². The summed E-state index contributed by atoms with van der Waals surface area (Å²) in [6.45, 7) is 0. The van der Waals surface area contributed by atoms with E-state index in [9.17, 15) is 4.79 Å². The number of nitrogens with zero attached hydrogens (tertiary/aromatic N) is 3. The number of methoxy groups -OCH3 is 1. The number of carbonyl (C=O) groups is 1. The molecule has 0 atom stereocenters. The molecule has 0 bridgehead atoms. The highest BCUT2D eigenvalue weighted by Crippen LogP contribution is 2.36. The quantitative estimate of drug-likeness (QED) is 0.807. The van der Waals surface area contributed by atoms with Gasteiger partial charge in [-0.3, -0.25) is 9.78 Å². The van der Waals surface area contributed by atoms with Crippen molar-refractivity contribution in [2.75, 3.05) is 7.11 Å². The van der Waals surface area contributed by atoms with E-state index in [1.165, 1.54) is 7.11 Å². The third kappa shape index (κ3) is 2.94. The maximum atomic E-state index is 11.5. The molecule has 21 heavy (non-hydrogen) atoms. The summed E-state index contributed by atoms with van der Waals surface area (Å²) in [5.41, 5.74) is 0.819. The molecule has 6 heteroatoms. The molecule has 0 spiro atoms. The van der Waals surface area contributed by atoms with Gasteiger partial charge in [0, 0.05) is 18.3 Å². The van der Waals surface area contributed by atoms with E-state index in [0.29, 0.717) is 11.8 Å². The Labute approximate surface area is 122 Å². The summed E-state index contributed by atoms with van der Waals surface area (Å²) in [7, 11) is 1.44. The van der Waals surface area contributed by atoms with Gasteiger partial charge in [-0.25, -0.2) is 0 Å². The molecular formula is C15H17N3O3. The molecule has 0 unspecified atom stereocenters. The number of carbonyl (C=O) groups excluding carboxylic acids is 1. The lowest BCUT2D eigenvalue weighted by Gasteiger charge is -2.24. The lowest BCUT2D eigenvalue weighted by Crippen LogP contribution is -2.22. The van der Waals surface area contributed by atoms with Crippen molar-refractivity contribution in [2.45, 2.75) is 31.6 Å². The minimum atomic E-state index is -0.116. The second-order valence-electron chi connectivity index (χ2n) is 5.26. The molecule has 110 valence electrons. The number of pyridine rings is 1. The summed E-state index contributed by atoms with van der Waals surface area (Å²) < 4.78 is 10.5. The Balaban J connectivity index is 1.67. The van der Waals surface area contributed by atoms with Crippen LogP contribution >= 0.6 is 0 Å². The molecule has 6 nitrogen and oxygen atoms in total. The molecule has 1 saturated carbocycles. The molecule has 1 fully saturated rings. The topological polar surface area (TPSA) is 78.1 Å². The first kappa shape index (κ1) is 13.7. The van der Waals surface area contributed by atoms with Gasteiger partial charge in [-0.2, -0.15) is 0 Å². The summed E-state index contributed by atoms with van der Waals surface area (Å²) in [5.74, 6) is 1.26. The molecular weight excluding hydrogens is 270 g/mol. The van der Waals surface area contributed by atoms with Crippen LogP contribution in [0.25, 0.3) is 11.5 Å². The number of ether oxygens (including phenoxy) is 1. The highest BCUT2D eigenvalue weighted by atomic mass is 16.5. The van der Waals surface area contributed by atoms with Crippen LogP contribution in [0, 0.1) is 5.92 Å². The maximum Gasteiger partial charge on any atom is 0.308 e. The monoisotopic (exact) mass is 287 g/mol. The van der Waals surface area contributed by atoms with Crippen LogP contribution < -0.4 is 0 Å². The van der Waals surface area contributed by atoms with Gasteiger partial charge < -0.3 is 9.15 Å².